The highest BCUT2D eigenvalue weighted by atomic mass is 16.5. The van der Waals surface area contributed by atoms with Crippen molar-refractivity contribution in [3.05, 3.63) is 0 Å². The van der Waals surface area contributed by atoms with Crippen molar-refractivity contribution >= 4 is 5.78 Å². The Morgan fingerprint density at radius 1 is 1.50 bits per heavy atom. The molecule has 0 saturated heterocycles. The molecule has 10 heavy (non-hydrogen) atoms. The summed E-state index contributed by atoms with van der Waals surface area (Å²) in [7, 11) is 1.76. The van der Waals surface area contributed by atoms with Gasteiger partial charge in [0, 0.05) is 18.9 Å². The van der Waals surface area contributed by atoms with Gasteiger partial charge in [-0.15, -0.1) is 0 Å². The third-order valence-electron chi connectivity index (χ3n) is 3.51. The van der Waals surface area contributed by atoms with E-state index in [0.29, 0.717) is 29.6 Å². The summed E-state index contributed by atoms with van der Waals surface area (Å²) in [6, 6.07) is 0. The maximum Gasteiger partial charge on any atom is 0.140 e. The van der Waals surface area contributed by atoms with Gasteiger partial charge < -0.3 is 4.74 Å². The Morgan fingerprint density at radius 2 is 2.30 bits per heavy atom. The number of Topliss-reactive ketones (excluding diaryl/α,β-unsaturated/α-hetero) is 1. The molecule has 0 heterocycles. The predicted molar refractivity (Wildman–Crippen MR) is 34.4 cm³/mol. The first-order valence-electron chi connectivity index (χ1n) is 3.91. The third kappa shape index (κ3) is 0.335. The number of hydrogen-bond acceptors (Lipinski definition) is 2. The van der Waals surface area contributed by atoms with Crippen LogP contribution < -0.4 is 0 Å². The number of rotatable bonds is 1. The van der Waals surface area contributed by atoms with E-state index in [0.717, 1.165) is 12.3 Å². The van der Waals surface area contributed by atoms with Crippen LogP contribution in [0.3, 0.4) is 0 Å². The molecule has 2 nitrogen and oxygen atoms in total. The van der Waals surface area contributed by atoms with Gasteiger partial charge in [0.15, 0.2) is 0 Å². The van der Waals surface area contributed by atoms with Crippen LogP contribution in [0.5, 0.6) is 0 Å². The molecule has 3 fully saturated rings. The van der Waals surface area contributed by atoms with Crippen molar-refractivity contribution in [3.8, 4) is 0 Å². The molecule has 5 unspecified atom stereocenters. The van der Waals surface area contributed by atoms with E-state index in [1.54, 1.807) is 7.11 Å². The van der Waals surface area contributed by atoms with Crippen molar-refractivity contribution in [1.82, 2.24) is 0 Å². The molecule has 0 N–H and O–H groups in total. The maximum atomic E-state index is 11.1. The summed E-state index contributed by atoms with van der Waals surface area (Å²) in [6.45, 7) is 0. The molecule has 0 bridgehead atoms. The van der Waals surface area contributed by atoms with Gasteiger partial charge in [0.1, 0.15) is 5.78 Å². The van der Waals surface area contributed by atoms with E-state index in [1.807, 2.05) is 0 Å². The molecule has 3 aliphatic carbocycles. The minimum atomic E-state index is 0.417. The Kier molecular flexibility index (Phi) is 0.691. The minimum absolute atomic E-state index is 0.417. The normalized spacial score (nSPS) is 61.7. The van der Waals surface area contributed by atoms with E-state index in [-0.39, 0.29) is 0 Å². The number of hydrogen-bond donors (Lipinski definition) is 0. The predicted octanol–water partition coefficient (Wildman–Crippen LogP) is 0.466. The van der Waals surface area contributed by atoms with Crippen molar-refractivity contribution in [1.29, 1.82) is 0 Å². The zero-order valence-corrected chi connectivity index (χ0v) is 5.91. The average molecular weight is 138 g/mol. The molecule has 0 amide bonds. The highest BCUT2D eigenvalue weighted by molar-refractivity contribution is 5.96. The van der Waals surface area contributed by atoms with E-state index in [2.05, 4.69) is 0 Å². The zero-order valence-electron chi connectivity index (χ0n) is 5.91. The smallest absolute Gasteiger partial charge is 0.140 e. The Hall–Kier alpha value is -0.370. The van der Waals surface area contributed by atoms with Crippen molar-refractivity contribution < 1.29 is 9.53 Å². The lowest BCUT2D eigenvalue weighted by Crippen LogP contribution is -2.34. The fourth-order valence-corrected chi connectivity index (χ4v) is 2.99. The first kappa shape index (κ1) is 5.30. The Bertz CT molecular complexity index is 211. The molecular weight excluding hydrogens is 128 g/mol. The van der Waals surface area contributed by atoms with Crippen LogP contribution in [-0.4, -0.2) is 19.0 Å². The van der Waals surface area contributed by atoms with Gasteiger partial charge >= 0.3 is 0 Å². The van der Waals surface area contributed by atoms with Crippen molar-refractivity contribution in [2.24, 2.45) is 23.7 Å². The first-order valence-corrected chi connectivity index (χ1v) is 3.91. The first-order chi connectivity index (χ1) is 4.84. The lowest BCUT2D eigenvalue weighted by atomic mass is 9.80. The molecule has 0 aromatic carbocycles. The van der Waals surface area contributed by atoms with Crippen LogP contribution in [-0.2, 0) is 9.53 Å². The van der Waals surface area contributed by atoms with Crippen LogP contribution in [0.15, 0.2) is 0 Å². The van der Waals surface area contributed by atoms with E-state index in [1.165, 1.54) is 0 Å². The van der Waals surface area contributed by atoms with Gasteiger partial charge in [-0.05, 0) is 18.3 Å². The van der Waals surface area contributed by atoms with Gasteiger partial charge in [-0.2, -0.15) is 0 Å². The molecule has 2 heteroatoms. The van der Waals surface area contributed by atoms with Gasteiger partial charge in [-0.1, -0.05) is 0 Å². The molecule has 0 spiro atoms. The fraction of sp³-hybridized carbons (Fsp3) is 0.875. The quantitative estimate of drug-likeness (QED) is 0.526. The minimum Gasteiger partial charge on any atom is -0.381 e. The highest BCUT2D eigenvalue weighted by Crippen LogP contribution is 2.71. The van der Waals surface area contributed by atoms with Crippen LogP contribution in [0.25, 0.3) is 0 Å². The monoisotopic (exact) mass is 138 g/mol. The SMILES string of the molecule is COC1CC2C(=O)C3C1C23. The molecule has 3 rings (SSSR count). The lowest BCUT2D eigenvalue weighted by Gasteiger charge is -2.25. The molecule has 0 aromatic rings. The number of methoxy groups -OCH3 is 1. The van der Waals surface area contributed by atoms with E-state index >= 15 is 0 Å². The molecule has 0 aromatic heterocycles. The molecule has 3 aliphatic rings. The summed E-state index contributed by atoms with van der Waals surface area (Å²) in [6.07, 6.45) is 1.44. The van der Waals surface area contributed by atoms with Crippen molar-refractivity contribution in [2.75, 3.05) is 7.11 Å². The van der Waals surface area contributed by atoms with Crippen LogP contribution in [0.1, 0.15) is 6.42 Å². The second kappa shape index (κ2) is 1.30. The van der Waals surface area contributed by atoms with E-state index in [4.69, 9.17) is 4.74 Å². The highest BCUT2D eigenvalue weighted by Gasteiger charge is 2.76. The summed E-state index contributed by atoms with van der Waals surface area (Å²) in [5.41, 5.74) is 0. The Labute approximate surface area is 59.6 Å². The molecule has 54 valence electrons. The molecular formula is C8H10O2. The zero-order chi connectivity index (χ0) is 6.88. The molecule has 0 radical (unpaired) electrons. The van der Waals surface area contributed by atoms with Crippen LogP contribution in [0, 0.1) is 23.7 Å². The summed E-state index contributed by atoms with van der Waals surface area (Å²) in [4.78, 5) is 11.1. The van der Waals surface area contributed by atoms with Crippen LogP contribution in [0.2, 0.25) is 0 Å². The molecule has 3 saturated carbocycles. The van der Waals surface area contributed by atoms with Crippen molar-refractivity contribution in [3.63, 3.8) is 0 Å². The second-order valence-corrected chi connectivity index (χ2v) is 3.70. The third-order valence-corrected chi connectivity index (χ3v) is 3.51. The van der Waals surface area contributed by atoms with Crippen LogP contribution >= 0.6 is 0 Å². The Morgan fingerprint density at radius 3 is 2.70 bits per heavy atom. The number of carbonyl (C=O) groups excluding carboxylic acids is 1. The number of fused-ring (bicyclic) bond motifs is 1. The topological polar surface area (TPSA) is 26.3 Å². The van der Waals surface area contributed by atoms with Gasteiger partial charge in [0.25, 0.3) is 0 Å². The number of ketones is 1. The summed E-state index contributed by atoms with van der Waals surface area (Å²) < 4.78 is 5.26. The van der Waals surface area contributed by atoms with E-state index < -0.39 is 0 Å². The fourth-order valence-electron chi connectivity index (χ4n) is 2.99. The standard InChI is InChI=1S/C8H10O2/c1-10-4-2-3-5-6(4)7(5)8(3)9/h3-7H,2H2,1H3. The molecule has 5 atom stereocenters. The van der Waals surface area contributed by atoms with Crippen LogP contribution in [0.4, 0.5) is 0 Å². The van der Waals surface area contributed by atoms with Crippen molar-refractivity contribution in [2.45, 2.75) is 12.5 Å². The number of carbonyl (C=O) groups is 1. The van der Waals surface area contributed by atoms with Gasteiger partial charge in [0.05, 0.1) is 6.10 Å². The lowest BCUT2D eigenvalue weighted by molar-refractivity contribution is -0.133. The van der Waals surface area contributed by atoms with Gasteiger partial charge in [-0.25, -0.2) is 0 Å². The second-order valence-electron chi connectivity index (χ2n) is 3.70. The Balaban J connectivity index is 1.89. The maximum absolute atomic E-state index is 11.1. The van der Waals surface area contributed by atoms with E-state index in [9.17, 15) is 4.79 Å². The summed E-state index contributed by atoms with van der Waals surface area (Å²) >= 11 is 0. The summed E-state index contributed by atoms with van der Waals surface area (Å²) in [5, 5.41) is 0. The summed E-state index contributed by atoms with van der Waals surface area (Å²) in [5.74, 6) is 2.80. The average Bonchev–Trinajstić information content (AvgIpc) is 2.53. The molecule has 0 aliphatic heterocycles. The largest absolute Gasteiger partial charge is 0.381 e. The van der Waals surface area contributed by atoms with Gasteiger partial charge in [0.2, 0.25) is 0 Å². The number of ether oxygens (including phenoxy) is 1. The van der Waals surface area contributed by atoms with Gasteiger partial charge in [-0.3, -0.25) is 4.79 Å².